The molecule has 54 heteroatoms. The molecule has 848 valence electrons. The summed E-state index contributed by atoms with van der Waals surface area (Å²) < 4.78 is 0. The molecule has 0 aliphatic carbocycles. The molecule has 54 nitrogen and oxygen atoms in total. The molecule has 13 N–H and O–H groups in total. The van der Waals surface area contributed by atoms with Gasteiger partial charge in [-0.25, -0.2) is 0 Å². The lowest BCUT2D eigenvalue weighted by Gasteiger charge is -2.36. The predicted molar refractivity (Wildman–Crippen MR) is 536 cm³/mol. The number of rotatable bonds is 57. The van der Waals surface area contributed by atoms with Gasteiger partial charge in [0.25, 0.3) is 0 Å². The minimum absolute atomic E-state index is 0.000425. The first kappa shape index (κ1) is 130. The van der Waals surface area contributed by atoms with E-state index in [9.17, 15) is 114 Å². The number of Topliss-reactive ketones (excluding diaryl/α,β-unsaturated/α-hetero) is 2. The van der Waals surface area contributed by atoms with E-state index < -0.39 is 268 Å². The number of nitrogens with one attached hydrogen (secondary N) is 3. The van der Waals surface area contributed by atoms with Crippen LogP contribution in [0.1, 0.15) is 75.2 Å². The van der Waals surface area contributed by atoms with Crippen molar-refractivity contribution in [3.05, 3.63) is 0 Å². The van der Waals surface area contributed by atoms with Crippen LogP contribution >= 0.6 is 0 Å². The second-order valence-corrected chi connectivity index (χ2v) is 41.0. The van der Waals surface area contributed by atoms with E-state index in [-0.39, 0.29) is 278 Å². The van der Waals surface area contributed by atoms with Gasteiger partial charge in [0.15, 0.2) is 5.78 Å². The normalized spacial score (nSPS) is 18.0. The minimum atomic E-state index is -1.78. The summed E-state index contributed by atoms with van der Waals surface area (Å²) >= 11 is 0. The summed E-state index contributed by atoms with van der Waals surface area (Å²) in [5.41, 5.74) is -1.78. The van der Waals surface area contributed by atoms with E-state index in [1.807, 2.05) is 4.90 Å². The van der Waals surface area contributed by atoms with Crippen molar-refractivity contribution in [3.63, 3.8) is 0 Å². The average molecular weight is 2130 g/mol. The number of hydrogen-bond donors (Lipinski definition) is 13. The summed E-state index contributed by atoms with van der Waals surface area (Å²) in [6.45, 7) is 6.45. The van der Waals surface area contributed by atoms with E-state index in [0.29, 0.717) is 0 Å². The van der Waals surface area contributed by atoms with Gasteiger partial charge < -0.3 is 96.5 Å². The first-order valence-corrected chi connectivity index (χ1v) is 51.0. The van der Waals surface area contributed by atoms with Crippen molar-refractivity contribution < 1.29 is 152 Å². The zero-order valence-electron chi connectivity index (χ0n) is 88.4. The fourth-order valence-electron chi connectivity index (χ4n) is 17.9. The molecule has 0 radical (unpaired) electrons. The Balaban J connectivity index is 2.00. The van der Waals surface area contributed by atoms with E-state index in [0.717, 1.165) is 0 Å². The smallest absolute Gasteiger partial charge is 0.317 e. The molecular formula is C95H166N23O31-. The lowest BCUT2D eigenvalue weighted by atomic mass is 9.81. The summed E-state index contributed by atoms with van der Waals surface area (Å²) in [6, 6.07) is 0. The van der Waals surface area contributed by atoms with Gasteiger partial charge in [-0.3, -0.25) is 169 Å². The van der Waals surface area contributed by atoms with Gasteiger partial charge in [-0.05, 0) is 37.0 Å². The number of carbonyl (C=O) groups excluding carboxylic acids is 10. The van der Waals surface area contributed by atoms with Crippen LogP contribution < -0.4 is 21.1 Å². The van der Waals surface area contributed by atoms with Crippen molar-refractivity contribution in [2.45, 2.75) is 75.2 Å². The van der Waals surface area contributed by atoms with Gasteiger partial charge in [0.05, 0.1) is 130 Å². The van der Waals surface area contributed by atoms with E-state index >= 15 is 38.4 Å². The Morgan fingerprint density at radius 1 is 0.235 bits per heavy atom. The van der Waals surface area contributed by atoms with Crippen molar-refractivity contribution in [2.24, 2.45) is 29.1 Å². The molecule has 0 aromatic heterocycles. The monoisotopic (exact) mass is 2130 g/mol. The third-order valence-electron chi connectivity index (χ3n) is 25.6. The number of nitrogens with zero attached hydrogens (tertiary/aromatic N) is 20. The highest BCUT2D eigenvalue weighted by Gasteiger charge is 2.38. The van der Waals surface area contributed by atoms with Gasteiger partial charge in [-0.15, -0.1) is 0 Å². The van der Waals surface area contributed by atoms with Crippen LogP contribution in [-0.4, -0.2) is 654 Å². The first-order chi connectivity index (χ1) is 70.1. The van der Waals surface area contributed by atoms with E-state index in [1.165, 1.54) is 31.4 Å². The van der Waals surface area contributed by atoms with E-state index in [1.54, 1.807) is 124 Å². The van der Waals surface area contributed by atoms with Crippen LogP contribution in [0.3, 0.4) is 0 Å². The fourth-order valence-corrected chi connectivity index (χ4v) is 17.9. The Morgan fingerprint density at radius 3 is 0.530 bits per heavy atom. The lowest BCUT2D eigenvalue weighted by Crippen LogP contribution is -2.56. The first-order valence-electron chi connectivity index (χ1n) is 51.0. The molecule has 0 unspecified atom stereocenters. The van der Waals surface area contributed by atoms with Crippen molar-refractivity contribution in [2.75, 3.05) is 386 Å². The highest BCUT2D eigenvalue weighted by Crippen LogP contribution is 2.25. The molecule has 4 saturated heterocycles. The standard InChI is InChI=1S/C95H167N23O31/c1-71(2)44-115(80(124)53-100-14-26-106(59-86(132)133)32-38-112(65-92(144)145)39-33-107(27-15-100)60-87(134)135)49-76(120)10-11-95(68-96-77(121)50-116(45-72(3)4)81(125)54-101-16-24-104(57-84(128)129)22-12-99(48-75(9)119)13-23-105(25-17-101)58-85(130)131,69-97-78(122)51-117(46-73(5)6)82(126)55-102-18-28-108(61-88(136)137)34-40-113(66-93(146)147)41-35-109(29-19-102)62-89(138)139)70-98-79(123)52-118(47-74(7)8)83(127)56-103-20-30-110(63-90(140)141)36-42-114(67-94(148)149)43-37-111(31-21-103)64-91(142)143/h71-74H,10-70H2,1-9H3,(H,96,121)(H,97,122)(H,98,123)(H,128,129)(H,130,131)(H,132,133)(H,134,135)(H,136,137)(H,138,139)(H,140,141)(H,142,143)(H,144,145)(H,146,147)(H,148,149)/p-1. The zero-order valence-corrected chi connectivity index (χ0v) is 88.4. The van der Waals surface area contributed by atoms with Gasteiger partial charge in [0, 0.05) is 274 Å². The molecule has 4 heterocycles. The fraction of sp³-hybridized carbons (Fsp3) is 0.789. The van der Waals surface area contributed by atoms with Crippen LogP contribution in [0.5, 0.6) is 0 Å². The number of hydrogen-bond acceptors (Lipinski definition) is 37. The van der Waals surface area contributed by atoms with Gasteiger partial charge in [-0.1, -0.05) is 55.4 Å². The number of carboxylic acid groups (broad SMARTS) is 11. The number of amides is 7. The van der Waals surface area contributed by atoms with Crippen LogP contribution in [0.25, 0.3) is 0 Å². The molecular weight excluding hydrogens is 1960 g/mol. The lowest BCUT2D eigenvalue weighted by molar-refractivity contribution is -0.306. The molecule has 4 aliphatic rings. The van der Waals surface area contributed by atoms with Crippen LogP contribution in [0.2, 0.25) is 0 Å². The maximum absolute atomic E-state index is 15.4. The Hall–Kier alpha value is -10.8. The second kappa shape index (κ2) is 69.6. The zero-order chi connectivity index (χ0) is 111. The molecule has 0 spiro atoms. The predicted octanol–water partition coefficient (Wildman–Crippen LogP) is -9.32. The van der Waals surface area contributed by atoms with E-state index in [4.69, 9.17) is 0 Å². The molecule has 4 rings (SSSR count). The summed E-state index contributed by atoms with van der Waals surface area (Å²) in [4.78, 5) is 300. The highest BCUT2D eigenvalue weighted by atomic mass is 16.4. The molecule has 0 aromatic carbocycles. The van der Waals surface area contributed by atoms with Crippen LogP contribution in [0, 0.1) is 29.1 Å². The largest absolute Gasteiger partial charge is 0.549 e. The molecule has 4 fully saturated rings. The Labute approximate surface area is 871 Å². The van der Waals surface area contributed by atoms with Gasteiger partial charge in [0.1, 0.15) is 5.78 Å². The Kier molecular flexibility index (Phi) is 60.9. The number of carbonyl (C=O) groups is 20. The number of ketones is 2. The van der Waals surface area contributed by atoms with Crippen LogP contribution in [-0.2, 0) is 95.9 Å². The molecule has 0 aromatic rings. The molecule has 149 heavy (non-hydrogen) atoms. The molecule has 0 bridgehead atoms. The van der Waals surface area contributed by atoms with Crippen LogP contribution in [0.4, 0.5) is 0 Å². The third-order valence-corrected chi connectivity index (χ3v) is 25.6. The average Bonchev–Trinajstić information content (AvgIpc) is 0.836. The quantitative estimate of drug-likeness (QED) is 0.0269. The maximum Gasteiger partial charge on any atom is 0.317 e. The summed E-state index contributed by atoms with van der Waals surface area (Å²) in [7, 11) is 0. The molecule has 4 aliphatic heterocycles. The van der Waals surface area contributed by atoms with Crippen molar-refractivity contribution in [3.8, 4) is 0 Å². The Bertz CT molecular complexity index is 3660. The molecule has 7 amide bonds. The summed E-state index contributed by atoms with van der Waals surface area (Å²) in [6.07, 6.45) is -0.911. The highest BCUT2D eigenvalue weighted by molar-refractivity contribution is 5.89. The summed E-state index contributed by atoms with van der Waals surface area (Å²) in [5.74, 6) is -20.3. The number of aliphatic carboxylic acids is 11. The number of carboxylic acids is 11. The van der Waals surface area contributed by atoms with Gasteiger partial charge in [-0.2, -0.15) is 0 Å². The summed E-state index contributed by atoms with van der Waals surface area (Å²) in [5, 5.41) is 121. The third kappa shape index (κ3) is 59.5. The van der Waals surface area contributed by atoms with Gasteiger partial charge >= 0.3 is 59.7 Å². The van der Waals surface area contributed by atoms with Crippen molar-refractivity contribution >= 4 is 119 Å². The molecule has 0 atom stereocenters. The van der Waals surface area contributed by atoms with Gasteiger partial charge in [0.2, 0.25) is 41.4 Å². The topological polar surface area (TPSA) is 668 Å². The second-order valence-electron chi connectivity index (χ2n) is 41.0. The van der Waals surface area contributed by atoms with Crippen molar-refractivity contribution in [1.29, 1.82) is 0 Å². The molecule has 0 saturated carbocycles. The Morgan fingerprint density at radius 2 is 0.383 bits per heavy atom. The SMILES string of the molecule is CC(=O)CN1CCN(CC(=O)O)CCN(CC(=O)N(CC(=O)NCC(CCC(=O)CN(CC(C)C)C(=O)CN2CCN(CC(=O)[O-])CCN(CC(=O)O)CCN(CC(=O)O)CC2)(CNC(=O)CN(CC(C)C)C(=O)CN2CCN(CC(=O)O)CCN(CC(=O)O)CCN(CC(=O)O)CC2)CNC(=O)CN(CC(C)C)C(=O)CN2CCN(CC(=O)O)CCN(CC(=O)O)CCN(CC(=O)O)CC2)CC(C)C)CCN(CC(=O)O)CC1. The van der Waals surface area contributed by atoms with Crippen molar-refractivity contribution in [1.82, 2.24) is 114 Å². The minimum Gasteiger partial charge on any atom is -0.549 e. The van der Waals surface area contributed by atoms with E-state index in [2.05, 4.69) is 16.0 Å². The van der Waals surface area contributed by atoms with Crippen LogP contribution in [0.15, 0.2) is 0 Å². The maximum atomic E-state index is 15.4.